The predicted molar refractivity (Wildman–Crippen MR) is 119 cm³/mol. The van der Waals surface area contributed by atoms with E-state index in [4.69, 9.17) is 0 Å². The van der Waals surface area contributed by atoms with Crippen LogP contribution in [0.2, 0.25) is 0 Å². The lowest BCUT2D eigenvalue weighted by molar-refractivity contribution is -0.131. The topological polar surface area (TPSA) is 107 Å². The molecule has 2 heterocycles. The molecule has 1 aliphatic carbocycles. The Kier molecular flexibility index (Phi) is 6.02. The van der Waals surface area contributed by atoms with Gasteiger partial charge < -0.3 is 10.2 Å². The molecule has 3 aliphatic rings. The van der Waals surface area contributed by atoms with Crippen molar-refractivity contribution in [1.29, 1.82) is 0 Å². The Morgan fingerprint density at radius 1 is 1.16 bits per heavy atom. The van der Waals surface area contributed by atoms with Gasteiger partial charge in [-0.1, -0.05) is 26.7 Å². The summed E-state index contributed by atoms with van der Waals surface area (Å²) in [6.45, 7) is 4.89. The zero-order valence-electron chi connectivity index (χ0n) is 18.6. The molecular formula is C22H30N4O5S. The average Bonchev–Trinajstić information content (AvgIpc) is 3.46. The minimum atomic E-state index is -3.56. The monoisotopic (exact) mass is 462 g/mol. The van der Waals surface area contributed by atoms with Gasteiger partial charge in [-0.15, -0.1) is 0 Å². The summed E-state index contributed by atoms with van der Waals surface area (Å²) in [4.78, 5) is 41.0. The number of fused-ring (bicyclic) bond motifs is 1. The molecule has 10 heteroatoms. The molecule has 4 rings (SSSR count). The van der Waals surface area contributed by atoms with E-state index in [1.165, 1.54) is 9.21 Å². The number of urea groups is 1. The summed E-state index contributed by atoms with van der Waals surface area (Å²) >= 11 is 0. The zero-order valence-corrected chi connectivity index (χ0v) is 19.4. The van der Waals surface area contributed by atoms with Crippen molar-refractivity contribution >= 4 is 33.6 Å². The van der Waals surface area contributed by atoms with E-state index in [0.29, 0.717) is 44.6 Å². The molecule has 1 aromatic carbocycles. The van der Waals surface area contributed by atoms with Crippen LogP contribution in [0.15, 0.2) is 23.1 Å². The molecule has 2 fully saturated rings. The third-order valence-corrected chi connectivity index (χ3v) is 8.89. The first-order chi connectivity index (χ1) is 15.2. The van der Waals surface area contributed by atoms with Crippen LogP contribution < -0.4 is 10.2 Å². The van der Waals surface area contributed by atoms with Crippen LogP contribution in [-0.4, -0.2) is 67.2 Å². The van der Waals surface area contributed by atoms with Crippen LogP contribution in [0.1, 0.15) is 51.5 Å². The number of nitrogens with one attached hydrogen (secondary N) is 1. The van der Waals surface area contributed by atoms with Gasteiger partial charge in [0.1, 0.15) is 5.54 Å². The van der Waals surface area contributed by atoms with Crippen LogP contribution in [-0.2, 0) is 26.0 Å². The molecule has 1 spiro atoms. The fraction of sp³-hybridized carbons (Fsp3) is 0.591. The average molecular weight is 463 g/mol. The number of rotatable bonds is 7. The molecule has 0 bridgehead atoms. The first-order valence-corrected chi connectivity index (χ1v) is 12.7. The molecule has 0 atom stereocenters. The number of carbonyl (C=O) groups is 3. The van der Waals surface area contributed by atoms with E-state index in [9.17, 15) is 22.8 Å². The number of anilines is 1. The van der Waals surface area contributed by atoms with E-state index in [2.05, 4.69) is 5.32 Å². The molecule has 1 aromatic rings. The normalized spacial score (nSPS) is 19.8. The number of carbonyl (C=O) groups excluding carboxylic acids is 3. The summed E-state index contributed by atoms with van der Waals surface area (Å²) in [7, 11) is -3.56. The van der Waals surface area contributed by atoms with Crippen LogP contribution in [0.25, 0.3) is 0 Å². The van der Waals surface area contributed by atoms with Gasteiger partial charge >= 0.3 is 6.03 Å². The minimum absolute atomic E-state index is 0.0359. The van der Waals surface area contributed by atoms with E-state index < -0.39 is 21.6 Å². The van der Waals surface area contributed by atoms with Crippen molar-refractivity contribution < 1.29 is 22.8 Å². The molecular weight excluding hydrogens is 432 g/mol. The van der Waals surface area contributed by atoms with Gasteiger partial charge in [0.2, 0.25) is 15.9 Å². The highest BCUT2D eigenvalue weighted by molar-refractivity contribution is 7.89. The van der Waals surface area contributed by atoms with Crippen molar-refractivity contribution in [1.82, 2.24) is 14.5 Å². The summed E-state index contributed by atoms with van der Waals surface area (Å²) < 4.78 is 27.0. The van der Waals surface area contributed by atoms with Gasteiger partial charge in [-0.25, -0.2) is 13.2 Å². The zero-order chi connectivity index (χ0) is 23.1. The van der Waals surface area contributed by atoms with Crippen molar-refractivity contribution in [3.05, 3.63) is 23.8 Å². The lowest BCUT2D eigenvalue weighted by Crippen LogP contribution is -2.44. The molecule has 1 N–H and O–H groups in total. The second kappa shape index (κ2) is 8.47. The van der Waals surface area contributed by atoms with Crippen molar-refractivity contribution in [2.45, 2.75) is 62.8 Å². The number of hydrogen-bond donors (Lipinski definition) is 1. The largest absolute Gasteiger partial charge is 0.325 e. The number of amides is 4. The molecule has 0 unspecified atom stereocenters. The summed E-state index contributed by atoms with van der Waals surface area (Å²) in [5.41, 5.74) is 0.733. The van der Waals surface area contributed by atoms with Crippen LogP contribution >= 0.6 is 0 Å². The highest BCUT2D eigenvalue weighted by atomic mass is 32.2. The van der Waals surface area contributed by atoms with E-state index in [-0.39, 0.29) is 29.7 Å². The molecule has 4 amide bonds. The Morgan fingerprint density at radius 2 is 1.84 bits per heavy atom. The highest BCUT2D eigenvalue weighted by Gasteiger charge is 2.52. The standard InChI is InChI=1S/C22H30N4O5S/c1-3-24(4-2)32(30,31)17-7-8-18-16(15-17)9-13-25(18)19(27)10-14-26-20(28)22(23-21(26)29)11-5-6-12-22/h7-8,15H,3-6,9-14H2,1-2H3,(H,23,29). The first kappa shape index (κ1) is 22.7. The van der Waals surface area contributed by atoms with E-state index in [0.717, 1.165) is 18.4 Å². The van der Waals surface area contributed by atoms with E-state index >= 15 is 0 Å². The van der Waals surface area contributed by atoms with Crippen molar-refractivity contribution in [2.24, 2.45) is 0 Å². The maximum absolute atomic E-state index is 12.9. The fourth-order valence-electron chi connectivity index (χ4n) is 5.05. The van der Waals surface area contributed by atoms with Gasteiger partial charge in [0.05, 0.1) is 4.90 Å². The summed E-state index contributed by atoms with van der Waals surface area (Å²) in [5.74, 6) is -0.406. The van der Waals surface area contributed by atoms with E-state index in [1.807, 2.05) is 0 Å². The molecule has 174 valence electrons. The molecule has 2 aliphatic heterocycles. The fourth-order valence-corrected chi connectivity index (χ4v) is 6.56. The Morgan fingerprint density at radius 3 is 2.50 bits per heavy atom. The number of hydrogen-bond acceptors (Lipinski definition) is 5. The van der Waals surface area contributed by atoms with E-state index in [1.54, 1.807) is 36.9 Å². The molecule has 0 aromatic heterocycles. The Labute approximate surface area is 188 Å². The van der Waals surface area contributed by atoms with Crippen LogP contribution in [0, 0.1) is 0 Å². The Hall–Kier alpha value is -2.46. The molecule has 0 radical (unpaired) electrons. The summed E-state index contributed by atoms with van der Waals surface area (Å²) in [5, 5.41) is 2.83. The van der Waals surface area contributed by atoms with Crippen LogP contribution in [0.4, 0.5) is 10.5 Å². The lowest BCUT2D eigenvalue weighted by atomic mass is 9.98. The molecule has 9 nitrogen and oxygen atoms in total. The maximum atomic E-state index is 12.9. The molecule has 1 saturated heterocycles. The SMILES string of the molecule is CCN(CC)S(=O)(=O)c1ccc2c(c1)CCN2C(=O)CCN1C(=O)NC2(CCCC2)C1=O. The lowest BCUT2D eigenvalue weighted by Gasteiger charge is -2.22. The van der Waals surface area contributed by atoms with Gasteiger partial charge in [-0.05, 0) is 43.0 Å². The molecule has 1 saturated carbocycles. The van der Waals surface area contributed by atoms with Crippen LogP contribution in [0.3, 0.4) is 0 Å². The third-order valence-electron chi connectivity index (χ3n) is 6.84. The van der Waals surface area contributed by atoms with Gasteiger partial charge in [-0.2, -0.15) is 4.31 Å². The van der Waals surface area contributed by atoms with Crippen molar-refractivity contribution in [3.8, 4) is 0 Å². The van der Waals surface area contributed by atoms with Gasteiger partial charge in [0, 0.05) is 38.3 Å². The summed E-state index contributed by atoms with van der Waals surface area (Å²) in [6.07, 6.45) is 3.73. The summed E-state index contributed by atoms with van der Waals surface area (Å²) in [6, 6.07) is 4.45. The molecule has 32 heavy (non-hydrogen) atoms. The van der Waals surface area contributed by atoms with Crippen molar-refractivity contribution in [2.75, 3.05) is 31.1 Å². The smallest absolute Gasteiger partial charge is 0.323 e. The van der Waals surface area contributed by atoms with Gasteiger partial charge in [0.25, 0.3) is 5.91 Å². The first-order valence-electron chi connectivity index (χ1n) is 11.3. The second-order valence-electron chi connectivity index (χ2n) is 8.60. The number of imide groups is 1. The predicted octanol–water partition coefficient (Wildman–Crippen LogP) is 1.86. The Bertz CT molecular complexity index is 1040. The van der Waals surface area contributed by atoms with Gasteiger partial charge in [0.15, 0.2) is 0 Å². The number of benzene rings is 1. The number of sulfonamides is 1. The highest BCUT2D eigenvalue weighted by Crippen LogP contribution is 2.35. The van der Waals surface area contributed by atoms with Gasteiger partial charge in [-0.3, -0.25) is 14.5 Å². The number of nitrogens with zero attached hydrogens (tertiary/aromatic N) is 3. The minimum Gasteiger partial charge on any atom is -0.323 e. The maximum Gasteiger partial charge on any atom is 0.325 e. The quantitative estimate of drug-likeness (QED) is 0.623. The third kappa shape index (κ3) is 3.69. The van der Waals surface area contributed by atoms with Crippen molar-refractivity contribution in [3.63, 3.8) is 0 Å². The Balaban J connectivity index is 1.44. The second-order valence-corrected chi connectivity index (χ2v) is 10.5. The van der Waals surface area contributed by atoms with Crippen LogP contribution in [0.5, 0.6) is 0 Å².